The molecule has 180 valence electrons. The largest absolute Gasteiger partial charge is 0.416 e. The van der Waals surface area contributed by atoms with Crippen LogP contribution in [0.1, 0.15) is 60.5 Å². The molecule has 0 saturated carbocycles. The molecule has 1 heterocycles. The highest BCUT2D eigenvalue weighted by Gasteiger charge is 2.37. The summed E-state index contributed by atoms with van der Waals surface area (Å²) in [7, 11) is 0. The third-order valence-corrected chi connectivity index (χ3v) is 6.14. The normalized spacial score (nSPS) is 16.5. The van der Waals surface area contributed by atoms with Crippen LogP contribution in [0.25, 0.3) is 0 Å². The molecule has 1 fully saturated rings. The van der Waals surface area contributed by atoms with Crippen molar-refractivity contribution in [1.82, 2.24) is 4.90 Å². The van der Waals surface area contributed by atoms with Gasteiger partial charge >= 0.3 is 6.18 Å². The molecule has 1 saturated heterocycles. The Morgan fingerprint density at radius 1 is 1.15 bits per heavy atom. The minimum atomic E-state index is -4.45. The van der Waals surface area contributed by atoms with Crippen LogP contribution in [0.3, 0.4) is 0 Å². The number of ketones is 1. The standard InChI is InChI=1S/C25H30F4N2O2/c1-2-12-30-20-8-9-21(22(26)17-20)23(32)7-4-13-31-14-10-24(33,11-15-31)18-5-3-6-19(16-18)25(27,28)29/h3,5-6,8-9,16-17,30,33H,2,4,7,10-15H2,1H3. The maximum atomic E-state index is 14.3. The number of alkyl halides is 3. The highest BCUT2D eigenvalue weighted by molar-refractivity contribution is 5.96. The van der Waals surface area contributed by atoms with E-state index in [1.54, 1.807) is 6.07 Å². The molecule has 2 N–H and O–H groups in total. The van der Waals surface area contributed by atoms with Gasteiger partial charge in [-0.3, -0.25) is 4.79 Å². The number of benzene rings is 2. The van der Waals surface area contributed by atoms with Gasteiger partial charge in [-0.05, 0) is 68.1 Å². The highest BCUT2D eigenvalue weighted by Crippen LogP contribution is 2.36. The number of hydrogen-bond acceptors (Lipinski definition) is 4. The first kappa shape index (κ1) is 25.2. The van der Waals surface area contributed by atoms with Crippen molar-refractivity contribution in [3.8, 4) is 0 Å². The summed E-state index contributed by atoms with van der Waals surface area (Å²) in [4.78, 5) is 14.5. The van der Waals surface area contributed by atoms with Crippen molar-refractivity contribution in [2.24, 2.45) is 0 Å². The lowest BCUT2D eigenvalue weighted by Crippen LogP contribution is -2.43. The lowest BCUT2D eigenvalue weighted by Gasteiger charge is -2.38. The number of likely N-dealkylation sites (tertiary alicyclic amines) is 1. The number of aliphatic hydroxyl groups is 1. The Balaban J connectivity index is 1.49. The average molecular weight is 467 g/mol. The van der Waals surface area contributed by atoms with Gasteiger partial charge in [0.1, 0.15) is 5.82 Å². The minimum absolute atomic E-state index is 0.0783. The van der Waals surface area contributed by atoms with Crippen molar-refractivity contribution < 1.29 is 27.5 Å². The minimum Gasteiger partial charge on any atom is -0.385 e. The van der Waals surface area contributed by atoms with Crippen molar-refractivity contribution in [2.45, 2.75) is 50.8 Å². The number of anilines is 1. The number of carbonyl (C=O) groups excluding carboxylic acids is 1. The number of nitrogens with one attached hydrogen (secondary N) is 1. The third kappa shape index (κ3) is 6.54. The second-order valence-electron chi connectivity index (χ2n) is 8.60. The fourth-order valence-electron chi connectivity index (χ4n) is 4.14. The number of halogens is 4. The van der Waals surface area contributed by atoms with E-state index in [9.17, 15) is 27.5 Å². The molecule has 0 unspecified atom stereocenters. The van der Waals surface area contributed by atoms with E-state index >= 15 is 0 Å². The summed E-state index contributed by atoms with van der Waals surface area (Å²) in [5, 5.41) is 14.0. The van der Waals surface area contributed by atoms with E-state index in [0.29, 0.717) is 44.6 Å². The molecule has 0 atom stereocenters. The van der Waals surface area contributed by atoms with E-state index in [-0.39, 0.29) is 23.3 Å². The molecule has 33 heavy (non-hydrogen) atoms. The Labute approximate surface area is 191 Å². The van der Waals surface area contributed by atoms with Crippen LogP contribution in [-0.2, 0) is 11.8 Å². The first-order valence-electron chi connectivity index (χ1n) is 11.3. The maximum absolute atomic E-state index is 14.3. The summed E-state index contributed by atoms with van der Waals surface area (Å²) < 4.78 is 53.3. The summed E-state index contributed by atoms with van der Waals surface area (Å²) in [6.07, 6.45) is -2.18. The fraction of sp³-hybridized carbons (Fsp3) is 0.480. The third-order valence-electron chi connectivity index (χ3n) is 6.14. The van der Waals surface area contributed by atoms with Crippen molar-refractivity contribution in [2.75, 3.05) is 31.5 Å². The van der Waals surface area contributed by atoms with E-state index < -0.39 is 23.2 Å². The van der Waals surface area contributed by atoms with E-state index in [2.05, 4.69) is 10.2 Å². The van der Waals surface area contributed by atoms with Gasteiger partial charge in [0.15, 0.2) is 5.78 Å². The Morgan fingerprint density at radius 3 is 2.52 bits per heavy atom. The molecule has 3 rings (SSSR count). The lowest BCUT2D eigenvalue weighted by molar-refractivity contribution is -0.137. The van der Waals surface area contributed by atoms with Gasteiger partial charge in [0.05, 0.1) is 16.7 Å². The van der Waals surface area contributed by atoms with Gasteiger partial charge in [-0.2, -0.15) is 13.2 Å². The highest BCUT2D eigenvalue weighted by atomic mass is 19.4. The van der Waals surface area contributed by atoms with Gasteiger partial charge in [0.25, 0.3) is 0 Å². The van der Waals surface area contributed by atoms with Crippen LogP contribution in [-0.4, -0.2) is 42.0 Å². The first-order chi connectivity index (χ1) is 15.6. The number of Topliss-reactive ketones (excluding diaryl/α,β-unsaturated/α-hetero) is 1. The molecular weight excluding hydrogens is 436 g/mol. The monoisotopic (exact) mass is 466 g/mol. The molecule has 0 spiro atoms. The van der Waals surface area contributed by atoms with E-state index in [0.717, 1.165) is 25.1 Å². The van der Waals surface area contributed by atoms with Crippen LogP contribution in [0.2, 0.25) is 0 Å². The smallest absolute Gasteiger partial charge is 0.385 e. The van der Waals surface area contributed by atoms with Crippen LogP contribution in [0.5, 0.6) is 0 Å². The number of rotatable bonds is 9. The molecule has 0 radical (unpaired) electrons. The summed E-state index contributed by atoms with van der Waals surface area (Å²) in [6, 6.07) is 9.41. The lowest BCUT2D eigenvalue weighted by atomic mass is 9.83. The number of piperidine rings is 1. The Hall–Kier alpha value is -2.45. The van der Waals surface area contributed by atoms with Gasteiger partial charge in [-0.1, -0.05) is 19.1 Å². The molecule has 1 aliphatic heterocycles. The van der Waals surface area contributed by atoms with Crippen LogP contribution in [0.4, 0.5) is 23.2 Å². The second kappa shape index (κ2) is 10.7. The zero-order valence-electron chi connectivity index (χ0n) is 18.7. The van der Waals surface area contributed by atoms with Crippen molar-refractivity contribution >= 4 is 11.5 Å². The summed E-state index contributed by atoms with van der Waals surface area (Å²) in [5.74, 6) is -0.794. The van der Waals surface area contributed by atoms with Crippen LogP contribution < -0.4 is 5.32 Å². The number of nitrogens with zero attached hydrogens (tertiary/aromatic N) is 1. The molecule has 2 aromatic carbocycles. The maximum Gasteiger partial charge on any atom is 0.416 e. The zero-order valence-corrected chi connectivity index (χ0v) is 18.7. The van der Waals surface area contributed by atoms with Crippen LogP contribution in [0.15, 0.2) is 42.5 Å². The Bertz CT molecular complexity index is 954. The summed E-state index contributed by atoms with van der Waals surface area (Å²) in [6.45, 7) is 4.35. The number of hydrogen-bond donors (Lipinski definition) is 2. The molecule has 8 heteroatoms. The predicted molar refractivity (Wildman–Crippen MR) is 120 cm³/mol. The molecule has 2 aromatic rings. The molecule has 0 aliphatic carbocycles. The molecular formula is C25H30F4N2O2. The van der Waals surface area contributed by atoms with E-state index in [4.69, 9.17) is 0 Å². The second-order valence-corrected chi connectivity index (χ2v) is 8.60. The zero-order chi connectivity index (χ0) is 24.1. The number of carbonyl (C=O) groups is 1. The van der Waals surface area contributed by atoms with Crippen LogP contribution >= 0.6 is 0 Å². The SMILES string of the molecule is CCCNc1ccc(C(=O)CCCN2CCC(O)(c3cccc(C(F)(F)F)c3)CC2)c(F)c1. The van der Waals surface area contributed by atoms with Crippen LogP contribution in [0, 0.1) is 5.82 Å². The molecule has 0 aromatic heterocycles. The van der Waals surface area contributed by atoms with Crippen molar-refractivity contribution in [3.05, 3.63) is 65.0 Å². The average Bonchev–Trinajstić information content (AvgIpc) is 2.78. The molecule has 0 amide bonds. The quantitative estimate of drug-likeness (QED) is 0.373. The Kier molecular flexibility index (Phi) is 8.13. The van der Waals surface area contributed by atoms with Gasteiger partial charge in [0.2, 0.25) is 0 Å². The molecule has 0 bridgehead atoms. The molecule has 1 aliphatic rings. The van der Waals surface area contributed by atoms with Gasteiger partial charge in [-0.25, -0.2) is 4.39 Å². The first-order valence-corrected chi connectivity index (χ1v) is 11.3. The summed E-state index contributed by atoms with van der Waals surface area (Å²) >= 11 is 0. The van der Waals surface area contributed by atoms with Gasteiger partial charge < -0.3 is 15.3 Å². The predicted octanol–water partition coefficient (Wildman–Crippen LogP) is 5.61. The van der Waals surface area contributed by atoms with E-state index in [1.807, 2.05) is 6.92 Å². The van der Waals surface area contributed by atoms with Gasteiger partial charge in [-0.15, -0.1) is 0 Å². The molecule has 4 nitrogen and oxygen atoms in total. The van der Waals surface area contributed by atoms with Crippen molar-refractivity contribution in [1.29, 1.82) is 0 Å². The topological polar surface area (TPSA) is 52.6 Å². The van der Waals surface area contributed by atoms with E-state index in [1.165, 1.54) is 24.3 Å². The van der Waals surface area contributed by atoms with Gasteiger partial charge in [0, 0.05) is 31.7 Å². The van der Waals surface area contributed by atoms with Crippen molar-refractivity contribution in [3.63, 3.8) is 0 Å². The fourth-order valence-corrected chi connectivity index (χ4v) is 4.14. The Morgan fingerprint density at radius 2 is 1.88 bits per heavy atom. The summed E-state index contributed by atoms with van der Waals surface area (Å²) in [5.41, 5.74) is -1.07.